The molecule has 1 amide bonds. The van der Waals surface area contributed by atoms with Crippen molar-refractivity contribution in [1.29, 1.82) is 0 Å². The first-order valence-corrected chi connectivity index (χ1v) is 7.16. The maximum absolute atomic E-state index is 12.6. The molecule has 0 aromatic heterocycles. The van der Waals surface area contributed by atoms with Gasteiger partial charge in [0.2, 0.25) is 5.91 Å². The van der Waals surface area contributed by atoms with E-state index in [1.54, 1.807) is 4.90 Å². The largest absolute Gasteiger partial charge is 0.462 e. The molecular weight excluding hydrogens is 284 g/mol. The van der Waals surface area contributed by atoms with Gasteiger partial charge in [0.05, 0.1) is 0 Å². The van der Waals surface area contributed by atoms with Crippen LogP contribution in [0.5, 0.6) is 0 Å². The smallest absolute Gasteiger partial charge is 0.302 e. The van der Waals surface area contributed by atoms with Crippen LogP contribution in [0.1, 0.15) is 25.3 Å². The summed E-state index contributed by atoms with van der Waals surface area (Å²) in [7, 11) is 0. The van der Waals surface area contributed by atoms with Crippen LogP contribution in [-0.2, 0) is 20.9 Å². The van der Waals surface area contributed by atoms with Gasteiger partial charge in [-0.25, -0.2) is 0 Å². The topological polar surface area (TPSA) is 95.4 Å². The molecule has 0 N–H and O–H groups in total. The summed E-state index contributed by atoms with van der Waals surface area (Å²) in [6, 6.07) is 8.59. The van der Waals surface area contributed by atoms with Crippen molar-refractivity contribution in [3.05, 3.63) is 46.3 Å². The standard InChI is InChI=1S/C15H18N4O3/c1-11(20)22-13-8-5-9-19(15(21)14(13)17-18-16)10-12-6-3-2-4-7-12/h2-4,6-7,13-14H,5,8-10H2,1H3/t13-,14+/m1/s1. The van der Waals surface area contributed by atoms with Crippen LogP contribution in [0.3, 0.4) is 0 Å². The molecule has 0 radical (unpaired) electrons. The van der Waals surface area contributed by atoms with Gasteiger partial charge in [0.25, 0.3) is 0 Å². The summed E-state index contributed by atoms with van der Waals surface area (Å²) in [5, 5.41) is 3.56. The minimum absolute atomic E-state index is 0.301. The predicted molar refractivity (Wildman–Crippen MR) is 79.6 cm³/mol. The van der Waals surface area contributed by atoms with Crippen LogP contribution < -0.4 is 0 Å². The molecule has 116 valence electrons. The number of carbonyl (C=O) groups is 2. The van der Waals surface area contributed by atoms with Gasteiger partial charge in [-0.3, -0.25) is 9.59 Å². The molecule has 0 spiro atoms. The Hall–Kier alpha value is -2.53. The fourth-order valence-corrected chi connectivity index (χ4v) is 2.57. The Labute approximate surface area is 128 Å². The average molecular weight is 302 g/mol. The van der Waals surface area contributed by atoms with Crippen molar-refractivity contribution in [2.75, 3.05) is 6.54 Å². The molecule has 1 aliphatic heterocycles. The second kappa shape index (κ2) is 7.47. The molecule has 7 heteroatoms. The zero-order valence-electron chi connectivity index (χ0n) is 12.4. The Bertz CT molecular complexity index is 584. The number of hydrogen-bond acceptors (Lipinski definition) is 4. The van der Waals surface area contributed by atoms with Crippen molar-refractivity contribution < 1.29 is 14.3 Å². The fourth-order valence-electron chi connectivity index (χ4n) is 2.57. The highest BCUT2D eigenvalue weighted by Gasteiger charge is 2.35. The van der Waals surface area contributed by atoms with Gasteiger partial charge in [0.15, 0.2) is 6.04 Å². The van der Waals surface area contributed by atoms with Gasteiger partial charge in [-0.2, -0.15) is 0 Å². The zero-order valence-corrected chi connectivity index (χ0v) is 12.4. The van der Waals surface area contributed by atoms with Crippen molar-refractivity contribution >= 4 is 11.9 Å². The first-order valence-electron chi connectivity index (χ1n) is 7.16. The Morgan fingerprint density at radius 3 is 2.82 bits per heavy atom. The highest BCUT2D eigenvalue weighted by atomic mass is 16.5. The molecule has 0 bridgehead atoms. The third-order valence-corrected chi connectivity index (χ3v) is 3.54. The molecule has 1 aliphatic rings. The van der Waals surface area contributed by atoms with E-state index in [0.29, 0.717) is 25.9 Å². The molecule has 2 rings (SSSR count). The van der Waals surface area contributed by atoms with E-state index in [0.717, 1.165) is 5.56 Å². The summed E-state index contributed by atoms with van der Waals surface area (Å²) in [5.74, 6) is -0.780. The molecule has 7 nitrogen and oxygen atoms in total. The van der Waals surface area contributed by atoms with E-state index in [1.807, 2.05) is 30.3 Å². The number of benzene rings is 1. The molecule has 0 aliphatic carbocycles. The lowest BCUT2D eigenvalue weighted by molar-refractivity contribution is -0.149. The number of amides is 1. The quantitative estimate of drug-likeness (QED) is 0.370. The lowest BCUT2D eigenvalue weighted by Crippen LogP contribution is -2.42. The van der Waals surface area contributed by atoms with Crippen LogP contribution in [-0.4, -0.2) is 35.5 Å². The van der Waals surface area contributed by atoms with Crippen LogP contribution in [0.2, 0.25) is 0 Å². The summed E-state index contributed by atoms with van der Waals surface area (Å²) in [5.41, 5.74) is 9.70. The number of carbonyl (C=O) groups excluding carboxylic acids is 2. The van der Waals surface area contributed by atoms with Crippen molar-refractivity contribution in [2.24, 2.45) is 5.11 Å². The molecule has 1 aromatic carbocycles. The second-order valence-electron chi connectivity index (χ2n) is 5.19. The molecule has 0 unspecified atom stereocenters. The van der Waals surface area contributed by atoms with E-state index in [-0.39, 0.29) is 5.91 Å². The van der Waals surface area contributed by atoms with Gasteiger partial charge < -0.3 is 9.64 Å². The summed E-state index contributed by atoms with van der Waals surface area (Å²) >= 11 is 0. The minimum atomic E-state index is -1.000. The van der Waals surface area contributed by atoms with E-state index in [1.165, 1.54) is 6.92 Å². The van der Waals surface area contributed by atoms with Crippen molar-refractivity contribution in [2.45, 2.75) is 38.5 Å². The lowest BCUT2D eigenvalue weighted by Gasteiger charge is -2.24. The third kappa shape index (κ3) is 3.99. The van der Waals surface area contributed by atoms with Gasteiger partial charge >= 0.3 is 5.97 Å². The molecule has 2 atom stereocenters. The summed E-state index contributed by atoms with van der Waals surface area (Å²) in [4.78, 5) is 28.2. The van der Waals surface area contributed by atoms with Gasteiger partial charge in [0, 0.05) is 24.9 Å². The van der Waals surface area contributed by atoms with Crippen LogP contribution in [0.15, 0.2) is 35.4 Å². The van der Waals surface area contributed by atoms with E-state index >= 15 is 0 Å². The highest BCUT2D eigenvalue weighted by Crippen LogP contribution is 2.21. The number of hydrogen-bond donors (Lipinski definition) is 0. The Morgan fingerprint density at radius 2 is 2.18 bits per heavy atom. The molecular formula is C15H18N4O3. The summed E-state index contributed by atoms with van der Waals surface area (Å²) in [6.07, 6.45) is 0.496. The average Bonchev–Trinajstić information content (AvgIpc) is 2.63. The molecule has 1 aromatic rings. The van der Waals surface area contributed by atoms with Crippen molar-refractivity contribution in [1.82, 2.24) is 4.90 Å². The maximum Gasteiger partial charge on any atom is 0.302 e. The number of ether oxygens (including phenoxy) is 1. The first-order chi connectivity index (χ1) is 10.6. The second-order valence-corrected chi connectivity index (χ2v) is 5.19. The normalized spacial score (nSPS) is 21.7. The Balaban J connectivity index is 2.18. The van der Waals surface area contributed by atoms with E-state index in [2.05, 4.69) is 10.0 Å². The lowest BCUT2D eigenvalue weighted by atomic mass is 10.1. The van der Waals surface area contributed by atoms with Crippen LogP contribution in [0.4, 0.5) is 0 Å². The zero-order chi connectivity index (χ0) is 15.9. The van der Waals surface area contributed by atoms with E-state index < -0.39 is 18.1 Å². The number of azide groups is 1. The van der Waals surface area contributed by atoms with Gasteiger partial charge in [-0.15, -0.1) is 0 Å². The van der Waals surface area contributed by atoms with Crippen molar-refractivity contribution in [3.8, 4) is 0 Å². The monoisotopic (exact) mass is 302 g/mol. The molecule has 1 heterocycles. The molecule has 1 saturated heterocycles. The summed E-state index contributed by atoms with van der Waals surface area (Å²) < 4.78 is 5.15. The van der Waals surface area contributed by atoms with Crippen molar-refractivity contribution in [3.63, 3.8) is 0 Å². The van der Waals surface area contributed by atoms with Crippen LogP contribution in [0.25, 0.3) is 10.4 Å². The van der Waals surface area contributed by atoms with Crippen LogP contribution >= 0.6 is 0 Å². The van der Waals surface area contributed by atoms with E-state index in [9.17, 15) is 9.59 Å². The molecule has 1 fully saturated rings. The maximum atomic E-state index is 12.6. The predicted octanol–water partition coefficient (Wildman–Crippen LogP) is 2.42. The SMILES string of the molecule is CC(=O)O[C@@H]1CCCN(Cc2ccccc2)C(=O)[C@H]1N=[N+]=[N-]. The van der Waals surface area contributed by atoms with Gasteiger partial charge in [-0.1, -0.05) is 35.4 Å². The van der Waals surface area contributed by atoms with Crippen LogP contribution in [0, 0.1) is 0 Å². The number of rotatable bonds is 4. The number of esters is 1. The minimum Gasteiger partial charge on any atom is -0.462 e. The fraction of sp³-hybridized carbons (Fsp3) is 0.467. The molecule has 0 saturated carbocycles. The number of likely N-dealkylation sites (tertiary alicyclic amines) is 1. The molecule has 22 heavy (non-hydrogen) atoms. The Morgan fingerprint density at radius 1 is 1.45 bits per heavy atom. The third-order valence-electron chi connectivity index (χ3n) is 3.54. The highest BCUT2D eigenvalue weighted by molar-refractivity contribution is 5.83. The Kier molecular flexibility index (Phi) is 5.38. The van der Waals surface area contributed by atoms with E-state index in [4.69, 9.17) is 10.3 Å². The number of nitrogens with zero attached hydrogens (tertiary/aromatic N) is 4. The van der Waals surface area contributed by atoms with Gasteiger partial charge in [0.1, 0.15) is 6.10 Å². The summed E-state index contributed by atoms with van der Waals surface area (Å²) in [6.45, 7) is 2.27. The van der Waals surface area contributed by atoms with Gasteiger partial charge in [-0.05, 0) is 23.9 Å². The first kappa shape index (κ1) is 15.9.